The summed E-state index contributed by atoms with van der Waals surface area (Å²) in [4.78, 5) is 11.7. The van der Waals surface area contributed by atoms with Crippen LogP contribution in [0, 0.1) is 5.92 Å². The smallest absolute Gasteiger partial charge is 0.238 e. The molecule has 1 rings (SSSR count). The van der Waals surface area contributed by atoms with Crippen molar-refractivity contribution < 1.29 is 9.53 Å². The molecule has 3 N–H and O–H groups in total. The molecule has 1 aliphatic carbocycles. The molecule has 1 amide bonds. The summed E-state index contributed by atoms with van der Waals surface area (Å²) < 4.78 is 5.01. The molecule has 1 saturated carbocycles. The number of thioether (sulfide) groups is 1. The van der Waals surface area contributed by atoms with E-state index in [9.17, 15) is 4.79 Å². The zero-order chi connectivity index (χ0) is 12.7. The van der Waals surface area contributed by atoms with Gasteiger partial charge in [0, 0.05) is 19.5 Å². The van der Waals surface area contributed by atoms with Crippen molar-refractivity contribution in [3.8, 4) is 0 Å². The highest BCUT2D eigenvalue weighted by atomic mass is 32.2. The van der Waals surface area contributed by atoms with Gasteiger partial charge in [0.2, 0.25) is 5.91 Å². The van der Waals surface area contributed by atoms with Crippen LogP contribution in [0.2, 0.25) is 0 Å². The fraction of sp³-hybridized carbons (Fsp3) is 0.917. The molecule has 0 aromatic carbocycles. The van der Waals surface area contributed by atoms with Gasteiger partial charge in [-0.2, -0.15) is 11.8 Å². The third kappa shape index (κ3) is 4.16. The third-order valence-corrected chi connectivity index (χ3v) is 4.41. The van der Waals surface area contributed by atoms with E-state index in [0.717, 1.165) is 43.9 Å². The first-order chi connectivity index (χ1) is 8.17. The van der Waals surface area contributed by atoms with Crippen LogP contribution in [0.15, 0.2) is 0 Å². The van der Waals surface area contributed by atoms with Crippen LogP contribution in [0.3, 0.4) is 0 Å². The summed E-state index contributed by atoms with van der Waals surface area (Å²) in [7, 11) is 1.71. The van der Waals surface area contributed by atoms with Crippen LogP contribution in [-0.2, 0) is 9.53 Å². The summed E-state index contributed by atoms with van der Waals surface area (Å²) in [6, 6.07) is 0. The monoisotopic (exact) mass is 260 g/mol. The SMILES string of the molecule is CCNC(CSCCCOC)(C(N)=O)C1CC1. The summed E-state index contributed by atoms with van der Waals surface area (Å²) in [6.07, 6.45) is 3.26. The number of carbonyl (C=O) groups excluding carboxylic acids is 1. The predicted molar refractivity (Wildman–Crippen MR) is 72.1 cm³/mol. The highest BCUT2D eigenvalue weighted by Gasteiger charge is 2.48. The van der Waals surface area contributed by atoms with Gasteiger partial charge >= 0.3 is 0 Å². The first-order valence-electron chi connectivity index (χ1n) is 6.29. The number of likely N-dealkylation sites (N-methyl/N-ethyl adjacent to an activating group) is 1. The Morgan fingerprint density at radius 2 is 2.29 bits per heavy atom. The number of carbonyl (C=O) groups is 1. The average molecular weight is 260 g/mol. The Hall–Kier alpha value is -0.260. The van der Waals surface area contributed by atoms with Crippen molar-refractivity contribution in [2.45, 2.75) is 31.7 Å². The van der Waals surface area contributed by atoms with Gasteiger partial charge in [-0.25, -0.2) is 0 Å². The molecule has 0 spiro atoms. The van der Waals surface area contributed by atoms with Crippen LogP contribution in [0.1, 0.15) is 26.2 Å². The Morgan fingerprint density at radius 1 is 1.59 bits per heavy atom. The number of hydrogen-bond acceptors (Lipinski definition) is 4. The minimum atomic E-state index is -0.480. The van der Waals surface area contributed by atoms with E-state index in [0.29, 0.717) is 5.92 Å². The molecule has 1 aliphatic rings. The Labute approximate surface area is 108 Å². The second-order valence-electron chi connectivity index (χ2n) is 4.54. The maximum absolute atomic E-state index is 11.7. The van der Waals surface area contributed by atoms with Gasteiger partial charge in [0.05, 0.1) is 0 Å². The van der Waals surface area contributed by atoms with Crippen LogP contribution in [-0.4, -0.2) is 43.2 Å². The van der Waals surface area contributed by atoms with Gasteiger partial charge in [0.1, 0.15) is 5.54 Å². The molecule has 17 heavy (non-hydrogen) atoms. The fourth-order valence-electron chi connectivity index (χ4n) is 2.10. The lowest BCUT2D eigenvalue weighted by atomic mass is 9.94. The average Bonchev–Trinajstić information content (AvgIpc) is 3.11. The summed E-state index contributed by atoms with van der Waals surface area (Å²) in [5.41, 5.74) is 5.12. The first-order valence-corrected chi connectivity index (χ1v) is 7.44. The van der Waals surface area contributed by atoms with Crippen LogP contribution < -0.4 is 11.1 Å². The Bertz CT molecular complexity index is 247. The normalized spacial score (nSPS) is 18.9. The van der Waals surface area contributed by atoms with E-state index in [2.05, 4.69) is 5.32 Å². The Kier molecular flexibility index (Phi) is 6.30. The van der Waals surface area contributed by atoms with Gasteiger partial charge < -0.3 is 15.8 Å². The molecule has 0 heterocycles. The molecular weight excluding hydrogens is 236 g/mol. The van der Waals surface area contributed by atoms with Crippen molar-refractivity contribution >= 4 is 17.7 Å². The Morgan fingerprint density at radius 3 is 2.76 bits per heavy atom. The van der Waals surface area contributed by atoms with Crippen LogP contribution in [0.5, 0.6) is 0 Å². The molecule has 0 radical (unpaired) electrons. The van der Waals surface area contributed by atoms with E-state index in [1.165, 1.54) is 0 Å². The molecule has 1 atom stereocenters. The van der Waals surface area contributed by atoms with Crippen molar-refractivity contribution in [3.63, 3.8) is 0 Å². The largest absolute Gasteiger partial charge is 0.385 e. The van der Waals surface area contributed by atoms with E-state index in [1.54, 1.807) is 18.9 Å². The Balaban J connectivity index is 2.42. The summed E-state index contributed by atoms with van der Waals surface area (Å²) in [6.45, 7) is 3.59. The lowest BCUT2D eigenvalue weighted by Gasteiger charge is -2.31. The van der Waals surface area contributed by atoms with Crippen molar-refractivity contribution in [2.75, 3.05) is 31.8 Å². The summed E-state index contributed by atoms with van der Waals surface area (Å²) >= 11 is 1.79. The van der Waals surface area contributed by atoms with E-state index >= 15 is 0 Å². The van der Waals surface area contributed by atoms with Gasteiger partial charge in [-0.3, -0.25) is 4.79 Å². The van der Waals surface area contributed by atoms with Gasteiger partial charge in [-0.05, 0) is 37.5 Å². The topological polar surface area (TPSA) is 64.3 Å². The lowest BCUT2D eigenvalue weighted by Crippen LogP contribution is -2.59. The van der Waals surface area contributed by atoms with Crippen molar-refractivity contribution in [3.05, 3.63) is 0 Å². The molecule has 1 fully saturated rings. The second kappa shape index (κ2) is 7.24. The molecule has 0 aliphatic heterocycles. The van der Waals surface area contributed by atoms with E-state index in [4.69, 9.17) is 10.5 Å². The molecule has 5 heteroatoms. The molecule has 100 valence electrons. The number of nitrogens with one attached hydrogen (secondary N) is 1. The highest BCUT2D eigenvalue weighted by Crippen LogP contribution is 2.41. The van der Waals surface area contributed by atoms with Crippen molar-refractivity contribution in [1.82, 2.24) is 5.32 Å². The molecule has 1 unspecified atom stereocenters. The van der Waals surface area contributed by atoms with E-state index in [1.807, 2.05) is 6.92 Å². The highest BCUT2D eigenvalue weighted by molar-refractivity contribution is 7.99. The van der Waals surface area contributed by atoms with E-state index < -0.39 is 5.54 Å². The predicted octanol–water partition coefficient (Wildman–Crippen LogP) is 1.000. The zero-order valence-corrected chi connectivity index (χ0v) is 11.6. The van der Waals surface area contributed by atoms with Crippen LogP contribution in [0.4, 0.5) is 0 Å². The maximum atomic E-state index is 11.7. The zero-order valence-electron chi connectivity index (χ0n) is 10.8. The van der Waals surface area contributed by atoms with Crippen molar-refractivity contribution in [1.29, 1.82) is 0 Å². The number of methoxy groups -OCH3 is 1. The quantitative estimate of drug-likeness (QED) is 0.575. The van der Waals surface area contributed by atoms with Gasteiger partial charge in [0.15, 0.2) is 0 Å². The molecule has 0 bridgehead atoms. The number of amides is 1. The third-order valence-electron chi connectivity index (χ3n) is 3.17. The number of hydrogen-bond donors (Lipinski definition) is 2. The van der Waals surface area contributed by atoms with Crippen molar-refractivity contribution in [2.24, 2.45) is 11.7 Å². The molecular formula is C12H24N2O2S. The number of ether oxygens (including phenoxy) is 1. The lowest BCUT2D eigenvalue weighted by molar-refractivity contribution is -0.124. The van der Waals surface area contributed by atoms with Crippen LogP contribution in [0.25, 0.3) is 0 Å². The second-order valence-corrected chi connectivity index (χ2v) is 5.64. The number of nitrogens with two attached hydrogens (primary N) is 1. The first kappa shape index (κ1) is 14.8. The number of primary amides is 1. The maximum Gasteiger partial charge on any atom is 0.238 e. The molecule has 0 saturated heterocycles. The molecule has 0 aromatic rings. The summed E-state index contributed by atoms with van der Waals surface area (Å²) in [5.74, 6) is 2.04. The molecule has 4 nitrogen and oxygen atoms in total. The van der Waals surface area contributed by atoms with Gasteiger partial charge in [-0.1, -0.05) is 6.92 Å². The van der Waals surface area contributed by atoms with Crippen LogP contribution >= 0.6 is 11.8 Å². The minimum absolute atomic E-state index is 0.193. The van der Waals surface area contributed by atoms with Gasteiger partial charge in [-0.15, -0.1) is 0 Å². The van der Waals surface area contributed by atoms with Gasteiger partial charge in [0.25, 0.3) is 0 Å². The molecule has 0 aromatic heterocycles. The van der Waals surface area contributed by atoms with E-state index in [-0.39, 0.29) is 5.91 Å². The minimum Gasteiger partial charge on any atom is -0.385 e. The standard InChI is InChI=1S/C12H24N2O2S/c1-3-14-12(11(13)15,10-5-6-10)9-17-8-4-7-16-2/h10,14H,3-9H2,1-2H3,(H2,13,15). The fourth-order valence-corrected chi connectivity index (χ4v) is 3.37. The summed E-state index contributed by atoms with van der Waals surface area (Å²) in [5, 5.41) is 3.32. The number of rotatable bonds is 10.